The molecule has 14 heavy (non-hydrogen) atoms. The van der Waals surface area contributed by atoms with Crippen LogP contribution in [0.4, 0.5) is 0 Å². The van der Waals surface area contributed by atoms with E-state index in [0.717, 1.165) is 4.47 Å². The first-order valence-electron chi connectivity index (χ1n) is 3.84. The lowest BCUT2D eigenvalue weighted by molar-refractivity contribution is -0.143. The second-order valence-electron chi connectivity index (χ2n) is 3.11. The fourth-order valence-corrected chi connectivity index (χ4v) is 2.06. The van der Waals surface area contributed by atoms with Gasteiger partial charge in [0.1, 0.15) is 5.54 Å². The Morgan fingerprint density at radius 1 is 1.50 bits per heavy atom. The third-order valence-electron chi connectivity index (χ3n) is 1.96. The van der Waals surface area contributed by atoms with Crippen LogP contribution in [0.25, 0.3) is 0 Å². The summed E-state index contributed by atoms with van der Waals surface area (Å²) in [5.74, 6) is -1.06. The molecule has 0 aliphatic heterocycles. The van der Waals surface area contributed by atoms with Gasteiger partial charge in [-0.3, -0.25) is 0 Å². The minimum absolute atomic E-state index is 0.541. The average molecular weight is 323 g/mol. The molecule has 0 aliphatic rings. The Morgan fingerprint density at radius 2 is 2.07 bits per heavy atom. The average Bonchev–Trinajstić information content (AvgIpc) is 2.09. The molecule has 1 rings (SSSR count). The van der Waals surface area contributed by atoms with Crippen LogP contribution in [-0.4, -0.2) is 11.1 Å². The maximum Gasteiger partial charge on any atom is 0.328 e. The van der Waals surface area contributed by atoms with E-state index in [-0.39, 0.29) is 0 Å². The van der Waals surface area contributed by atoms with Crippen LogP contribution < -0.4 is 5.73 Å². The lowest BCUT2D eigenvalue weighted by Gasteiger charge is -2.21. The molecule has 3 nitrogen and oxygen atoms in total. The Hall–Kier alpha value is -0.390. The van der Waals surface area contributed by atoms with E-state index in [1.807, 2.05) is 6.07 Å². The third-order valence-corrected chi connectivity index (χ3v) is 4.00. The van der Waals surface area contributed by atoms with Gasteiger partial charge >= 0.3 is 5.97 Å². The largest absolute Gasteiger partial charge is 0.480 e. The maximum absolute atomic E-state index is 10.9. The van der Waals surface area contributed by atoms with E-state index in [0.29, 0.717) is 10.0 Å². The third kappa shape index (κ3) is 1.99. The van der Waals surface area contributed by atoms with Crippen LogP contribution in [0, 0.1) is 0 Å². The summed E-state index contributed by atoms with van der Waals surface area (Å²) in [5.41, 5.74) is 4.85. The van der Waals surface area contributed by atoms with E-state index in [1.54, 1.807) is 12.1 Å². The molecule has 76 valence electrons. The molecule has 3 N–H and O–H groups in total. The standard InChI is InChI=1S/C9H9Br2NO2/c1-9(12,8(13)14)5-3-2-4-6(10)7(5)11/h2-4H,12H2,1H3,(H,13,14)/t9-/m1/s1. The zero-order valence-corrected chi connectivity index (χ0v) is 10.6. The second kappa shape index (κ2) is 4.00. The number of hydrogen-bond acceptors (Lipinski definition) is 2. The first kappa shape index (κ1) is 11.7. The first-order valence-corrected chi connectivity index (χ1v) is 5.42. The molecule has 0 bridgehead atoms. The molecule has 1 atom stereocenters. The highest BCUT2D eigenvalue weighted by molar-refractivity contribution is 9.13. The summed E-state index contributed by atoms with van der Waals surface area (Å²) >= 11 is 6.59. The predicted molar refractivity (Wildman–Crippen MR) is 61.0 cm³/mol. The van der Waals surface area contributed by atoms with E-state index < -0.39 is 11.5 Å². The topological polar surface area (TPSA) is 63.3 Å². The Bertz CT molecular complexity index is 377. The highest BCUT2D eigenvalue weighted by Gasteiger charge is 2.32. The molecule has 0 amide bonds. The number of rotatable bonds is 2. The number of nitrogens with two attached hydrogens (primary N) is 1. The first-order chi connectivity index (χ1) is 6.37. The number of carbonyl (C=O) groups is 1. The van der Waals surface area contributed by atoms with Gasteiger partial charge in [0.25, 0.3) is 0 Å². The highest BCUT2D eigenvalue weighted by atomic mass is 79.9. The molecule has 5 heteroatoms. The fourth-order valence-electron chi connectivity index (χ4n) is 1.02. The van der Waals surface area contributed by atoms with Gasteiger partial charge in [-0.1, -0.05) is 12.1 Å². The molecule has 1 aromatic rings. The van der Waals surface area contributed by atoms with Crippen LogP contribution in [0.5, 0.6) is 0 Å². The zero-order chi connectivity index (χ0) is 10.9. The molecule has 0 radical (unpaired) electrons. The molecular formula is C9H9Br2NO2. The molecule has 0 saturated carbocycles. The van der Waals surface area contributed by atoms with E-state index >= 15 is 0 Å². The van der Waals surface area contributed by atoms with Crippen molar-refractivity contribution in [2.24, 2.45) is 5.73 Å². The summed E-state index contributed by atoms with van der Waals surface area (Å²) in [6.07, 6.45) is 0. The van der Waals surface area contributed by atoms with E-state index in [1.165, 1.54) is 6.92 Å². The normalized spacial score (nSPS) is 14.9. The molecule has 0 aromatic heterocycles. The molecule has 1 aromatic carbocycles. The van der Waals surface area contributed by atoms with Crippen molar-refractivity contribution in [2.75, 3.05) is 0 Å². The molecule has 0 unspecified atom stereocenters. The number of halogens is 2. The SMILES string of the molecule is C[C@](N)(C(=O)O)c1cccc(Br)c1Br. The van der Waals surface area contributed by atoms with Crippen LogP contribution in [0.15, 0.2) is 27.1 Å². The van der Waals surface area contributed by atoms with Crippen LogP contribution in [0.3, 0.4) is 0 Å². The van der Waals surface area contributed by atoms with Gasteiger partial charge in [-0.05, 0) is 50.4 Å². The molecule has 0 heterocycles. The predicted octanol–water partition coefficient (Wildman–Crippen LogP) is 2.47. The monoisotopic (exact) mass is 321 g/mol. The molecule has 0 aliphatic carbocycles. The summed E-state index contributed by atoms with van der Waals surface area (Å²) in [5, 5.41) is 8.95. The van der Waals surface area contributed by atoms with Crippen molar-refractivity contribution in [1.82, 2.24) is 0 Å². The summed E-state index contributed by atoms with van der Waals surface area (Å²) in [4.78, 5) is 10.9. The van der Waals surface area contributed by atoms with Crippen LogP contribution in [-0.2, 0) is 10.3 Å². The van der Waals surface area contributed by atoms with Gasteiger partial charge in [0, 0.05) is 8.95 Å². The summed E-state index contributed by atoms with van der Waals surface area (Å²) in [7, 11) is 0. The van der Waals surface area contributed by atoms with Crippen LogP contribution >= 0.6 is 31.9 Å². The summed E-state index contributed by atoms with van der Waals surface area (Å²) < 4.78 is 1.46. The van der Waals surface area contributed by atoms with Gasteiger partial charge in [-0.25, -0.2) is 4.79 Å². The van der Waals surface area contributed by atoms with Crippen molar-refractivity contribution in [1.29, 1.82) is 0 Å². The minimum atomic E-state index is -1.39. The number of carboxylic acid groups (broad SMARTS) is 1. The van der Waals surface area contributed by atoms with Crippen molar-refractivity contribution in [3.05, 3.63) is 32.7 Å². The van der Waals surface area contributed by atoms with Gasteiger partial charge in [-0.2, -0.15) is 0 Å². The number of hydrogen-bond donors (Lipinski definition) is 2. The molecule has 0 spiro atoms. The van der Waals surface area contributed by atoms with Gasteiger partial charge in [0.2, 0.25) is 0 Å². The van der Waals surface area contributed by atoms with E-state index in [2.05, 4.69) is 31.9 Å². The van der Waals surface area contributed by atoms with Crippen molar-refractivity contribution < 1.29 is 9.90 Å². The molecule has 0 saturated heterocycles. The van der Waals surface area contributed by atoms with Crippen molar-refractivity contribution in [3.8, 4) is 0 Å². The quantitative estimate of drug-likeness (QED) is 0.879. The van der Waals surface area contributed by atoms with Gasteiger partial charge < -0.3 is 10.8 Å². The summed E-state index contributed by atoms with van der Waals surface area (Å²) in [6, 6.07) is 5.24. The van der Waals surface area contributed by atoms with Gasteiger partial charge in [-0.15, -0.1) is 0 Å². The Balaban J connectivity index is 3.33. The van der Waals surface area contributed by atoms with Crippen LogP contribution in [0.2, 0.25) is 0 Å². The zero-order valence-electron chi connectivity index (χ0n) is 7.42. The number of carboxylic acids is 1. The van der Waals surface area contributed by atoms with Crippen molar-refractivity contribution in [3.63, 3.8) is 0 Å². The number of aliphatic carboxylic acids is 1. The van der Waals surface area contributed by atoms with Crippen molar-refractivity contribution >= 4 is 37.8 Å². The van der Waals surface area contributed by atoms with Crippen molar-refractivity contribution in [2.45, 2.75) is 12.5 Å². The lowest BCUT2D eigenvalue weighted by atomic mass is 9.94. The Labute approximate surface area is 98.6 Å². The van der Waals surface area contributed by atoms with Crippen LogP contribution in [0.1, 0.15) is 12.5 Å². The smallest absolute Gasteiger partial charge is 0.328 e. The number of benzene rings is 1. The minimum Gasteiger partial charge on any atom is -0.480 e. The highest BCUT2D eigenvalue weighted by Crippen LogP contribution is 2.32. The summed E-state index contributed by atoms with van der Waals surface area (Å²) in [6.45, 7) is 1.46. The Morgan fingerprint density at radius 3 is 2.57 bits per heavy atom. The van der Waals surface area contributed by atoms with Gasteiger partial charge in [0.15, 0.2) is 0 Å². The molecule has 0 fully saturated rings. The molecular weight excluding hydrogens is 314 g/mol. The van der Waals surface area contributed by atoms with Gasteiger partial charge in [0.05, 0.1) is 0 Å². The Kier molecular flexibility index (Phi) is 3.34. The van der Waals surface area contributed by atoms with E-state index in [4.69, 9.17) is 10.8 Å². The lowest BCUT2D eigenvalue weighted by Crippen LogP contribution is -2.42. The fraction of sp³-hybridized carbons (Fsp3) is 0.222. The van der Waals surface area contributed by atoms with E-state index in [9.17, 15) is 4.79 Å². The second-order valence-corrected chi connectivity index (χ2v) is 4.76. The maximum atomic E-state index is 10.9.